The van der Waals surface area contributed by atoms with Gasteiger partial charge in [-0.25, -0.2) is 0 Å². The second kappa shape index (κ2) is 5.27. The first-order valence-corrected chi connectivity index (χ1v) is 8.29. The van der Waals surface area contributed by atoms with Crippen molar-refractivity contribution >= 4 is 16.3 Å². The van der Waals surface area contributed by atoms with Gasteiger partial charge >= 0.3 is 0 Å². The third kappa shape index (κ3) is 2.33. The van der Waals surface area contributed by atoms with Gasteiger partial charge in [0.05, 0.1) is 0 Å². The number of aromatic nitrogens is 6. The van der Waals surface area contributed by atoms with Gasteiger partial charge in [0.25, 0.3) is 0 Å². The van der Waals surface area contributed by atoms with Gasteiger partial charge in [-0.05, 0) is 24.5 Å². The second-order valence-electron chi connectivity index (χ2n) is 5.80. The topological polar surface area (TPSA) is 71.8 Å². The molecular formula is C16H16N6S. The Morgan fingerprint density at radius 2 is 2.00 bits per heavy atom. The van der Waals surface area contributed by atoms with Crippen molar-refractivity contribution in [1.29, 1.82) is 0 Å². The van der Waals surface area contributed by atoms with E-state index >= 15 is 0 Å². The van der Waals surface area contributed by atoms with Crippen molar-refractivity contribution in [2.75, 3.05) is 0 Å². The molecule has 0 amide bonds. The minimum absolute atomic E-state index is 0.387. The average Bonchev–Trinajstić information content (AvgIpc) is 3.22. The number of aryl methyl sites for hydroxylation is 1. The lowest BCUT2D eigenvalue weighted by Gasteiger charge is -1.99. The van der Waals surface area contributed by atoms with E-state index in [-0.39, 0.29) is 0 Å². The van der Waals surface area contributed by atoms with Gasteiger partial charge in [-0.3, -0.25) is 5.10 Å². The molecule has 0 aliphatic rings. The van der Waals surface area contributed by atoms with E-state index in [4.69, 9.17) is 5.10 Å². The number of fused-ring (bicyclic) bond motifs is 1. The molecule has 0 saturated heterocycles. The Labute approximate surface area is 137 Å². The predicted molar refractivity (Wildman–Crippen MR) is 90.5 cm³/mol. The molecule has 23 heavy (non-hydrogen) atoms. The molecule has 0 bridgehead atoms. The van der Waals surface area contributed by atoms with Crippen molar-refractivity contribution in [1.82, 2.24) is 30.0 Å². The first kappa shape index (κ1) is 14.1. The summed E-state index contributed by atoms with van der Waals surface area (Å²) in [6.45, 7) is 6.33. The Kier molecular flexibility index (Phi) is 3.23. The van der Waals surface area contributed by atoms with Gasteiger partial charge in [-0.15, -0.1) is 10.2 Å². The molecule has 116 valence electrons. The van der Waals surface area contributed by atoms with E-state index in [1.807, 2.05) is 18.2 Å². The Hall–Kier alpha value is -2.54. The van der Waals surface area contributed by atoms with E-state index in [0.29, 0.717) is 11.7 Å². The Morgan fingerprint density at radius 1 is 1.17 bits per heavy atom. The van der Waals surface area contributed by atoms with Crippen molar-refractivity contribution in [3.8, 4) is 22.1 Å². The van der Waals surface area contributed by atoms with Crippen LogP contribution in [0.25, 0.3) is 27.1 Å². The number of benzene rings is 1. The summed E-state index contributed by atoms with van der Waals surface area (Å²) in [6, 6.07) is 10.2. The van der Waals surface area contributed by atoms with Gasteiger partial charge in [0.2, 0.25) is 10.8 Å². The first-order chi connectivity index (χ1) is 11.1. The molecule has 3 heterocycles. The highest BCUT2D eigenvalue weighted by Gasteiger charge is 2.17. The largest absolute Gasteiger partial charge is 0.282 e. The third-order valence-electron chi connectivity index (χ3n) is 3.82. The van der Waals surface area contributed by atoms with Gasteiger partial charge in [-0.1, -0.05) is 49.4 Å². The highest BCUT2D eigenvalue weighted by molar-refractivity contribution is 7.19. The molecule has 7 heteroatoms. The average molecular weight is 324 g/mol. The van der Waals surface area contributed by atoms with Gasteiger partial charge in [0.15, 0.2) is 0 Å². The van der Waals surface area contributed by atoms with E-state index in [1.165, 1.54) is 16.9 Å². The molecule has 0 fully saturated rings. The fourth-order valence-electron chi connectivity index (χ4n) is 2.45. The lowest BCUT2D eigenvalue weighted by Crippen LogP contribution is -1.91. The van der Waals surface area contributed by atoms with Crippen LogP contribution in [0.4, 0.5) is 0 Å². The van der Waals surface area contributed by atoms with Crippen LogP contribution in [-0.4, -0.2) is 30.0 Å². The standard InChI is InChI=1S/C16H16N6S/c1-9(2)12-8-13(18-17-12)14-19-20-16-22(14)21-15(23-16)11-7-5-4-6-10(11)3/h4-9H,1-3H3,(H,17,18). The van der Waals surface area contributed by atoms with Crippen molar-refractivity contribution < 1.29 is 0 Å². The number of H-pyrrole nitrogens is 1. The fourth-order valence-corrected chi connectivity index (χ4v) is 3.38. The summed E-state index contributed by atoms with van der Waals surface area (Å²) in [4.78, 5) is 0.771. The number of aromatic amines is 1. The summed E-state index contributed by atoms with van der Waals surface area (Å²) in [7, 11) is 0. The molecule has 0 aliphatic carbocycles. The number of rotatable bonds is 3. The van der Waals surface area contributed by atoms with Crippen LogP contribution in [0.2, 0.25) is 0 Å². The number of hydrogen-bond donors (Lipinski definition) is 1. The number of hydrogen-bond acceptors (Lipinski definition) is 5. The summed E-state index contributed by atoms with van der Waals surface area (Å²) < 4.78 is 1.77. The van der Waals surface area contributed by atoms with E-state index < -0.39 is 0 Å². The number of nitrogens with zero attached hydrogens (tertiary/aromatic N) is 5. The maximum Gasteiger partial charge on any atom is 0.235 e. The van der Waals surface area contributed by atoms with Crippen LogP contribution in [0, 0.1) is 6.92 Å². The van der Waals surface area contributed by atoms with E-state index in [1.54, 1.807) is 4.52 Å². The van der Waals surface area contributed by atoms with Crippen molar-refractivity contribution in [2.45, 2.75) is 26.7 Å². The van der Waals surface area contributed by atoms with Crippen molar-refractivity contribution in [3.63, 3.8) is 0 Å². The molecule has 1 aromatic carbocycles. The maximum atomic E-state index is 4.69. The summed E-state index contributed by atoms with van der Waals surface area (Å²) in [5.41, 5.74) is 4.16. The van der Waals surface area contributed by atoms with Crippen LogP contribution in [0.3, 0.4) is 0 Å². The summed E-state index contributed by atoms with van der Waals surface area (Å²) in [5.74, 6) is 1.05. The summed E-state index contributed by atoms with van der Waals surface area (Å²) >= 11 is 1.53. The summed E-state index contributed by atoms with van der Waals surface area (Å²) in [6.07, 6.45) is 0. The van der Waals surface area contributed by atoms with Crippen LogP contribution in [0.5, 0.6) is 0 Å². The van der Waals surface area contributed by atoms with Crippen LogP contribution in [0.15, 0.2) is 30.3 Å². The van der Waals surface area contributed by atoms with Crippen LogP contribution < -0.4 is 0 Å². The van der Waals surface area contributed by atoms with Crippen molar-refractivity contribution in [2.24, 2.45) is 0 Å². The van der Waals surface area contributed by atoms with Gasteiger partial charge in [-0.2, -0.15) is 14.7 Å². The van der Waals surface area contributed by atoms with Gasteiger partial charge < -0.3 is 0 Å². The second-order valence-corrected chi connectivity index (χ2v) is 6.76. The predicted octanol–water partition coefficient (Wildman–Crippen LogP) is 3.67. The molecule has 0 unspecified atom stereocenters. The molecule has 4 rings (SSSR count). The minimum Gasteiger partial charge on any atom is -0.282 e. The Balaban J connectivity index is 1.82. The zero-order chi connectivity index (χ0) is 16.0. The fraction of sp³-hybridized carbons (Fsp3) is 0.250. The molecule has 1 N–H and O–H groups in total. The van der Waals surface area contributed by atoms with Gasteiger partial charge in [0, 0.05) is 11.3 Å². The molecular weight excluding hydrogens is 308 g/mol. The van der Waals surface area contributed by atoms with E-state index in [9.17, 15) is 0 Å². The first-order valence-electron chi connectivity index (χ1n) is 7.47. The highest BCUT2D eigenvalue weighted by atomic mass is 32.1. The molecule has 0 aliphatic heterocycles. The SMILES string of the molecule is Cc1ccccc1-c1nn2c(-c3cc(C(C)C)[nH]n3)nnc2s1. The van der Waals surface area contributed by atoms with E-state index in [2.05, 4.69) is 53.3 Å². The molecule has 0 atom stereocenters. The molecule has 3 aromatic heterocycles. The maximum absolute atomic E-state index is 4.69. The lowest BCUT2D eigenvalue weighted by molar-refractivity contribution is 0.810. The minimum atomic E-state index is 0.387. The molecule has 6 nitrogen and oxygen atoms in total. The number of nitrogens with one attached hydrogen (secondary N) is 1. The third-order valence-corrected chi connectivity index (χ3v) is 4.75. The molecule has 4 aromatic rings. The van der Waals surface area contributed by atoms with Crippen LogP contribution >= 0.6 is 11.3 Å². The van der Waals surface area contributed by atoms with E-state index in [0.717, 1.165) is 26.9 Å². The smallest absolute Gasteiger partial charge is 0.235 e. The zero-order valence-corrected chi connectivity index (χ0v) is 13.9. The monoisotopic (exact) mass is 324 g/mol. The normalized spacial score (nSPS) is 11.7. The van der Waals surface area contributed by atoms with Crippen LogP contribution in [0.1, 0.15) is 31.0 Å². The quantitative estimate of drug-likeness (QED) is 0.624. The van der Waals surface area contributed by atoms with Gasteiger partial charge in [0.1, 0.15) is 10.7 Å². The molecule has 0 radical (unpaired) electrons. The Morgan fingerprint density at radius 3 is 2.74 bits per heavy atom. The lowest BCUT2D eigenvalue weighted by atomic mass is 10.1. The molecule has 0 spiro atoms. The zero-order valence-electron chi connectivity index (χ0n) is 13.1. The van der Waals surface area contributed by atoms with Crippen LogP contribution in [-0.2, 0) is 0 Å². The Bertz CT molecular complexity index is 977. The highest BCUT2D eigenvalue weighted by Crippen LogP contribution is 2.29. The van der Waals surface area contributed by atoms with Crippen molar-refractivity contribution in [3.05, 3.63) is 41.6 Å². The summed E-state index contributed by atoms with van der Waals surface area (Å²) in [5, 5.41) is 21.5. The molecule has 0 saturated carbocycles.